The molecular weight excluding hydrogens is 366 g/mol. The maximum atomic E-state index is 12.3. The molecule has 3 aromatic rings. The largest absolute Gasteiger partial charge is 0.507 e. The molecule has 10 heteroatoms. The summed E-state index contributed by atoms with van der Waals surface area (Å²) in [6.45, 7) is 1.73. The third kappa shape index (κ3) is 3.09. The number of aliphatic hydroxyl groups excluding tert-OH is 1. The van der Waals surface area contributed by atoms with Crippen LogP contribution in [-0.4, -0.2) is 38.1 Å². The smallest absolute Gasteiger partial charge is 0.274 e. The van der Waals surface area contributed by atoms with E-state index in [0.717, 1.165) is 6.07 Å². The lowest BCUT2D eigenvalue weighted by molar-refractivity contribution is 0.0947. The van der Waals surface area contributed by atoms with Crippen molar-refractivity contribution >= 4 is 17.5 Å². The molecule has 0 bridgehead atoms. The summed E-state index contributed by atoms with van der Waals surface area (Å²) in [4.78, 5) is 12.3. The van der Waals surface area contributed by atoms with Crippen LogP contribution >= 0.6 is 11.6 Å². The van der Waals surface area contributed by atoms with Gasteiger partial charge in [0.05, 0.1) is 17.2 Å². The molecule has 26 heavy (non-hydrogen) atoms. The van der Waals surface area contributed by atoms with Crippen molar-refractivity contribution in [2.75, 3.05) is 6.54 Å². The molecule has 0 unspecified atom stereocenters. The third-order valence-corrected chi connectivity index (χ3v) is 3.82. The van der Waals surface area contributed by atoms with Crippen LogP contribution in [0, 0.1) is 0 Å². The Morgan fingerprint density at radius 1 is 1.19 bits per heavy atom. The van der Waals surface area contributed by atoms with Gasteiger partial charge in [0.25, 0.3) is 5.91 Å². The molecule has 0 fully saturated rings. The van der Waals surface area contributed by atoms with Crippen LogP contribution in [0.15, 0.2) is 27.2 Å². The first-order valence-corrected chi connectivity index (χ1v) is 7.90. The van der Waals surface area contributed by atoms with Gasteiger partial charge in [0.15, 0.2) is 17.2 Å². The Morgan fingerprint density at radius 2 is 1.96 bits per heavy atom. The van der Waals surface area contributed by atoms with E-state index in [-0.39, 0.29) is 57.2 Å². The second kappa shape index (κ2) is 7.06. The van der Waals surface area contributed by atoms with Gasteiger partial charge in [-0.1, -0.05) is 21.9 Å². The number of halogens is 1. The fraction of sp³-hybridized carbons (Fsp3) is 0.188. The highest BCUT2D eigenvalue weighted by Crippen LogP contribution is 2.42. The topological polar surface area (TPSA) is 142 Å². The van der Waals surface area contributed by atoms with Crippen molar-refractivity contribution in [2.24, 2.45) is 0 Å². The van der Waals surface area contributed by atoms with Crippen molar-refractivity contribution in [1.82, 2.24) is 15.6 Å². The second-order valence-electron chi connectivity index (χ2n) is 5.26. The van der Waals surface area contributed by atoms with E-state index in [9.17, 15) is 20.1 Å². The third-order valence-electron chi connectivity index (χ3n) is 3.52. The van der Waals surface area contributed by atoms with Crippen molar-refractivity contribution in [2.45, 2.75) is 13.5 Å². The fourth-order valence-corrected chi connectivity index (χ4v) is 2.50. The van der Waals surface area contributed by atoms with Crippen LogP contribution in [0.2, 0.25) is 5.02 Å². The van der Waals surface area contributed by atoms with E-state index in [1.54, 1.807) is 6.92 Å². The predicted octanol–water partition coefficient (Wildman–Crippen LogP) is 2.30. The lowest BCUT2D eigenvalue weighted by atomic mass is 10.0. The van der Waals surface area contributed by atoms with E-state index in [1.807, 2.05) is 0 Å². The molecule has 0 saturated carbocycles. The predicted molar refractivity (Wildman–Crippen MR) is 89.7 cm³/mol. The number of aromatic hydroxyl groups is 2. The van der Waals surface area contributed by atoms with Gasteiger partial charge in [-0.25, -0.2) is 0 Å². The number of hydrogen-bond acceptors (Lipinski definition) is 8. The van der Waals surface area contributed by atoms with Crippen LogP contribution in [0.1, 0.15) is 23.1 Å². The second-order valence-corrected chi connectivity index (χ2v) is 5.66. The molecule has 1 aromatic carbocycles. The van der Waals surface area contributed by atoms with Gasteiger partial charge in [-0.2, -0.15) is 0 Å². The minimum atomic E-state index is -0.524. The van der Waals surface area contributed by atoms with Crippen molar-refractivity contribution in [3.63, 3.8) is 0 Å². The summed E-state index contributed by atoms with van der Waals surface area (Å²) >= 11 is 5.91. The number of nitrogens with one attached hydrogen (secondary N) is 1. The number of hydrogen-bond donors (Lipinski definition) is 4. The molecule has 2 aromatic heterocycles. The fourth-order valence-electron chi connectivity index (χ4n) is 2.34. The van der Waals surface area contributed by atoms with Crippen LogP contribution in [-0.2, 0) is 6.61 Å². The minimum absolute atomic E-state index is 0.00806. The number of nitrogens with zero attached hydrogens (tertiary/aromatic N) is 2. The van der Waals surface area contributed by atoms with Gasteiger partial charge >= 0.3 is 0 Å². The first-order chi connectivity index (χ1) is 12.5. The quantitative estimate of drug-likeness (QED) is 0.529. The Kier molecular flexibility index (Phi) is 4.83. The molecule has 9 nitrogen and oxygen atoms in total. The number of aliphatic hydroxyl groups is 1. The maximum absolute atomic E-state index is 12.3. The number of aromatic nitrogens is 2. The summed E-state index contributed by atoms with van der Waals surface area (Å²) in [7, 11) is 0. The summed E-state index contributed by atoms with van der Waals surface area (Å²) in [6, 6.07) is 3.72. The number of phenols is 2. The van der Waals surface area contributed by atoms with Gasteiger partial charge in [0, 0.05) is 18.7 Å². The summed E-state index contributed by atoms with van der Waals surface area (Å²) < 4.78 is 10.4. The van der Waals surface area contributed by atoms with Crippen molar-refractivity contribution < 1.29 is 29.2 Å². The number of rotatable bonds is 5. The Morgan fingerprint density at radius 3 is 2.62 bits per heavy atom. The standard InChI is InChI=1S/C16H14ClN3O6/c1-2-18-16(24)14-13(12-3-7(6-21)19-25-12)15(26-20-14)8-4-9(17)11(23)5-10(8)22/h3-5,21-23H,2,6H2,1H3,(H,18,24). The summed E-state index contributed by atoms with van der Waals surface area (Å²) in [6.07, 6.45) is 0. The van der Waals surface area contributed by atoms with E-state index in [2.05, 4.69) is 15.6 Å². The zero-order valence-electron chi connectivity index (χ0n) is 13.5. The van der Waals surface area contributed by atoms with Gasteiger partial charge in [0.2, 0.25) is 0 Å². The Bertz CT molecular complexity index is 965. The molecule has 4 N–H and O–H groups in total. The van der Waals surface area contributed by atoms with Crippen LogP contribution in [0.3, 0.4) is 0 Å². The summed E-state index contributed by atoms with van der Waals surface area (Å²) in [5.74, 6) is -1.08. The SMILES string of the molecule is CCNC(=O)c1noc(-c2cc(Cl)c(O)cc2O)c1-c1cc(CO)no1. The van der Waals surface area contributed by atoms with E-state index in [1.165, 1.54) is 12.1 Å². The first kappa shape index (κ1) is 17.8. The van der Waals surface area contributed by atoms with Gasteiger partial charge in [0.1, 0.15) is 22.8 Å². The first-order valence-electron chi connectivity index (χ1n) is 7.52. The van der Waals surface area contributed by atoms with Crippen molar-refractivity contribution in [3.8, 4) is 34.1 Å². The number of benzene rings is 1. The van der Waals surface area contributed by atoms with Crippen LogP contribution in [0.25, 0.3) is 22.6 Å². The average molecular weight is 380 g/mol. The van der Waals surface area contributed by atoms with Gasteiger partial charge in [-0.05, 0) is 13.0 Å². The zero-order chi connectivity index (χ0) is 18.8. The highest BCUT2D eigenvalue weighted by molar-refractivity contribution is 6.32. The van der Waals surface area contributed by atoms with E-state index in [0.29, 0.717) is 6.54 Å². The summed E-state index contributed by atoms with van der Waals surface area (Å²) in [5.41, 5.74) is 0.362. The number of carbonyl (C=O) groups excluding carboxylic acids is 1. The van der Waals surface area contributed by atoms with Crippen molar-refractivity contribution in [3.05, 3.63) is 34.6 Å². The molecule has 0 aliphatic carbocycles. The van der Waals surface area contributed by atoms with E-state index >= 15 is 0 Å². The normalized spacial score (nSPS) is 10.9. The van der Waals surface area contributed by atoms with Gasteiger partial charge < -0.3 is 29.7 Å². The monoisotopic (exact) mass is 379 g/mol. The zero-order valence-corrected chi connectivity index (χ0v) is 14.2. The molecule has 1 amide bonds. The van der Waals surface area contributed by atoms with Crippen LogP contribution in [0.5, 0.6) is 11.5 Å². The highest BCUT2D eigenvalue weighted by atomic mass is 35.5. The lowest BCUT2D eigenvalue weighted by Gasteiger charge is -2.05. The molecular formula is C16H14ClN3O6. The molecule has 0 aliphatic rings. The van der Waals surface area contributed by atoms with Crippen LogP contribution in [0.4, 0.5) is 0 Å². The molecule has 0 aliphatic heterocycles. The molecule has 0 saturated heterocycles. The van der Waals surface area contributed by atoms with Crippen LogP contribution < -0.4 is 5.32 Å². The Balaban J connectivity index is 2.23. The Hall–Kier alpha value is -3.04. The lowest BCUT2D eigenvalue weighted by Crippen LogP contribution is -2.23. The molecule has 2 heterocycles. The van der Waals surface area contributed by atoms with E-state index in [4.69, 9.17) is 20.6 Å². The maximum Gasteiger partial charge on any atom is 0.274 e. The van der Waals surface area contributed by atoms with E-state index < -0.39 is 5.91 Å². The number of phenolic OH excluding ortho intramolecular Hbond substituents is 2. The highest BCUT2D eigenvalue weighted by Gasteiger charge is 2.29. The molecule has 136 valence electrons. The number of amides is 1. The minimum Gasteiger partial charge on any atom is -0.507 e. The molecule has 3 rings (SSSR count). The van der Waals surface area contributed by atoms with Gasteiger partial charge in [-0.15, -0.1) is 0 Å². The molecule has 0 spiro atoms. The number of carbonyl (C=O) groups is 1. The van der Waals surface area contributed by atoms with Gasteiger partial charge in [-0.3, -0.25) is 4.79 Å². The van der Waals surface area contributed by atoms with Crippen molar-refractivity contribution in [1.29, 1.82) is 0 Å². The Labute approximate surface area is 151 Å². The molecule has 0 radical (unpaired) electrons. The molecule has 0 atom stereocenters. The summed E-state index contributed by atoms with van der Waals surface area (Å²) in [5, 5.41) is 38.9. The average Bonchev–Trinajstić information content (AvgIpc) is 3.24.